The van der Waals surface area contributed by atoms with E-state index >= 15 is 0 Å². The van der Waals surface area contributed by atoms with E-state index in [4.69, 9.17) is 0 Å². The van der Waals surface area contributed by atoms with Crippen LogP contribution in [0.3, 0.4) is 0 Å². The molecule has 1 aliphatic heterocycles. The molecule has 1 aromatic rings. The van der Waals surface area contributed by atoms with E-state index in [9.17, 15) is 0 Å². The van der Waals surface area contributed by atoms with Crippen molar-refractivity contribution in [3.63, 3.8) is 0 Å². The van der Waals surface area contributed by atoms with Gasteiger partial charge in [0.15, 0.2) is 5.82 Å². The number of aromatic nitrogens is 3. The summed E-state index contributed by atoms with van der Waals surface area (Å²) in [4.78, 5) is 4.50. The van der Waals surface area contributed by atoms with Gasteiger partial charge in [-0.25, -0.2) is 4.98 Å². The summed E-state index contributed by atoms with van der Waals surface area (Å²) in [5.74, 6) is 2.07. The van der Waals surface area contributed by atoms with Crippen LogP contribution in [0.2, 0.25) is 0 Å². The molecule has 1 atom stereocenters. The first-order valence-corrected chi connectivity index (χ1v) is 5.41. The molecule has 1 aliphatic rings. The second kappa shape index (κ2) is 4.09. The number of aryl methyl sites for hydroxylation is 2. The lowest BCUT2D eigenvalue weighted by molar-refractivity contribution is 0.581. The fourth-order valence-corrected chi connectivity index (χ4v) is 2.02. The van der Waals surface area contributed by atoms with Gasteiger partial charge in [0.05, 0.1) is 0 Å². The van der Waals surface area contributed by atoms with E-state index in [-0.39, 0.29) is 0 Å². The van der Waals surface area contributed by atoms with Crippen LogP contribution in [0.4, 0.5) is 0 Å². The Hall–Kier alpha value is -0.900. The van der Waals surface area contributed by atoms with Gasteiger partial charge in [-0.05, 0) is 19.4 Å². The molecule has 1 saturated heterocycles. The van der Waals surface area contributed by atoms with Crippen molar-refractivity contribution in [1.29, 1.82) is 0 Å². The molecule has 2 heterocycles. The van der Waals surface area contributed by atoms with Gasteiger partial charge in [-0.2, -0.15) is 5.10 Å². The molecule has 0 amide bonds. The van der Waals surface area contributed by atoms with Crippen molar-refractivity contribution in [1.82, 2.24) is 20.1 Å². The average Bonchev–Trinajstić information content (AvgIpc) is 2.76. The van der Waals surface area contributed by atoms with E-state index in [2.05, 4.69) is 22.3 Å². The van der Waals surface area contributed by atoms with E-state index in [1.165, 1.54) is 12.8 Å². The first kappa shape index (κ1) is 9.65. The summed E-state index contributed by atoms with van der Waals surface area (Å²) in [5, 5.41) is 7.87. The number of nitrogens with zero attached hydrogens (tertiary/aromatic N) is 3. The highest BCUT2D eigenvalue weighted by molar-refractivity contribution is 4.96. The van der Waals surface area contributed by atoms with E-state index in [1.54, 1.807) is 0 Å². The zero-order valence-electron chi connectivity index (χ0n) is 8.95. The fourth-order valence-electron chi connectivity index (χ4n) is 2.02. The lowest BCUT2D eigenvalue weighted by Gasteiger charge is -2.05. The number of hydrogen-bond donors (Lipinski definition) is 1. The summed E-state index contributed by atoms with van der Waals surface area (Å²) >= 11 is 0. The fraction of sp³-hybridized carbons (Fsp3) is 0.800. The van der Waals surface area contributed by atoms with E-state index in [0.29, 0.717) is 6.04 Å². The molecule has 78 valence electrons. The van der Waals surface area contributed by atoms with Crippen molar-refractivity contribution in [2.45, 2.75) is 38.6 Å². The Morgan fingerprint density at radius 2 is 2.43 bits per heavy atom. The van der Waals surface area contributed by atoms with Crippen LogP contribution < -0.4 is 5.32 Å². The lowest BCUT2D eigenvalue weighted by Crippen LogP contribution is -2.24. The summed E-state index contributed by atoms with van der Waals surface area (Å²) in [6.45, 7) is 3.26. The maximum absolute atomic E-state index is 4.50. The Kier molecular flexibility index (Phi) is 2.82. The third-order valence-corrected chi connectivity index (χ3v) is 2.80. The van der Waals surface area contributed by atoms with Crippen LogP contribution in [-0.4, -0.2) is 27.4 Å². The van der Waals surface area contributed by atoms with Crippen molar-refractivity contribution in [2.24, 2.45) is 7.05 Å². The number of rotatable bonds is 3. The monoisotopic (exact) mass is 194 g/mol. The van der Waals surface area contributed by atoms with Crippen molar-refractivity contribution >= 4 is 0 Å². The Bertz CT molecular complexity index is 299. The van der Waals surface area contributed by atoms with Crippen molar-refractivity contribution in [2.75, 3.05) is 6.54 Å². The van der Waals surface area contributed by atoms with Crippen LogP contribution in [0.1, 0.15) is 31.4 Å². The first-order chi connectivity index (χ1) is 6.79. The molecule has 4 heteroatoms. The zero-order chi connectivity index (χ0) is 9.97. The number of nitrogens with one attached hydrogen (secondary N) is 1. The molecule has 14 heavy (non-hydrogen) atoms. The Morgan fingerprint density at radius 1 is 1.57 bits per heavy atom. The predicted octanol–water partition coefficient (Wildman–Crippen LogP) is 0.672. The molecule has 0 bridgehead atoms. The molecule has 0 aliphatic carbocycles. The summed E-state index contributed by atoms with van der Waals surface area (Å²) < 4.78 is 1.89. The second-order valence-electron chi connectivity index (χ2n) is 3.92. The maximum atomic E-state index is 4.50. The standard InChI is InChI=1S/C10H18N4/c1-3-10-12-9(13-14(10)2)7-8-5-4-6-11-8/h8,11H,3-7H2,1-2H3. The predicted molar refractivity (Wildman–Crippen MR) is 55.1 cm³/mol. The average molecular weight is 194 g/mol. The summed E-state index contributed by atoms with van der Waals surface area (Å²) in [6, 6.07) is 0.599. The minimum Gasteiger partial charge on any atom is -0.314 e. The summed E-state index contributed by atoms with van der Waals surface area (Å²) in [7, 11) is 1.97. The molecular formula is C10H18N4. The largest absolute Gasteiger partial charge is 0.314 e. The Morgan fingerprint density at radius 3 is 3.00 bits per heavy atom. The highest BCUT2D eigenvalue weighted by Gasteiger charge is 2.17. The van der Waals surface area contributed by atoms with Crippen LogP contribution in [0.15, 0.2) is 0 Å². The molecule has 0 spiro atoms. The number of hydrogen-bond acceptors (Lipinski definition) is 3. The van der Waals surface area contributed by atoms with Gasteiger partial charge in [0, 0.05) is 25.9 Å². The smallest absolute Gasteiger partial charge is 0.152 e. The normalized spacial score (nSPS) is 21.7. The molecule has 1 N–H and O–H groups in total. The van der Waals surface area contributed by atoms with Crippen LogP contribution in [0.5, 0.6) is 0 Å². The molecular weight excluding hydrogens is 176 g/mol. The summed E-state index contributed by atoms with van der Waals surface area (Å²) in [5.41, 5.74) is 0. The van der Waals surface area contributed by atoms with Gasteiger partial charge in [-0.15, -0.1) is 0 Å². The molecule has 1 fully saturated rings. The zero-order valence-corrected chi connectivity index (χ0v) is 8.95. The topological polar surface area (TPSA) is 42.7 Å². The van der Waals surface area contributed by atoms with E-state index < -0.39 is 0 Å². The van der Waals surface area contributed by atoms with Gasteiger partial charge in [0.2, 0.25) is 0 Å². The molecule has 2 rings (SSSR count). The molecule has 4 nitrogen and oxygen atoms in total. The minimum atomic E-state index is 0.599. The molecule has 0 aromatic carbocycles. The van der Waals surface area contributed by atoms with Gasteiger partial charge >= 0.3 is 0 Å². The Balaban J connectivity index is 2.01. The van der Waals surface area contributed by atoms with Crippen molar-refractivity contribution in [3.05, 3.63) is 11.6 Å². The SMILES string of the molecule is CCc1nc(CC2CCCN2)nn1C. The summed E-state index contributed by atoms with van der Waals surface area (Å²) in [6.07, 6.45) is 4.49. The quantitative estimate of drug-likeness (QED) is 0.769. The van der Waals surface area contributed by atoms with Gasteiger partial charge in [0.25, 0.3) is 0 Å². The second-order valence-corrected chi connectivity index (χ2v) is 3.92. The molecule has 0 radical (unpaired) electrons. The van der Waals surface area contributed by atoms with Gasteiger partial charge in [-0.1, -0.05) is 6.92 Å². The van der Waals surface area contributed by atoms with Crippen LogP contribution in [0, 0.1) is 0 Å². The highest BCUT2D eigenvalue weighted by Crippen LogP contribution is 2.09. The van der Waals surface area contributed by atoms with Crippen LogP contribution >= 0.6 is 0 Å². The van der Waals surface area contributed by atoms with Crippen LogP contribution in [-0.2, 0) is 19.9 Å². The molecule has 1 unspecified atom stereocenters. The Labute approximate surface area is 84.7 Å². The van der Waals surface area contributed by atoms with Gasteiger partial charge in [-0.3, -0.25) is 4.68 Å². The third-order valence-electron chi connectivity index (χ3n) is 2.80. The van der Waals surface area contributed by atoms with Gasteiger partial charge in [0.1, 0.15) is 5.82 Å². The third kappa shape index (κ3) is 1.95. The molecule has 0 saturated carbocycles. The van der Waals surface area contributed by atoms with Crippen molar-refractivity contribution in [3.8, 4) is 0 Å². The van der Waals surface area contributed by atoms with E-state index in [0.717, 1.165) is 31.0 Å². The van der Waals surface area contributed by atoms with Crippen LogP contribution in [0.25, 0.3) is 0 Å². The molecule has 1 aromatic heterocycles. The van der Waals surface area contributed by atoms with Crippen molar-refractivity contribution < 1.29 is 0 Å². The maximum Gasteiger partial charge on any atom is 0.152 e. The first-order valence-electron chi connectivity index (χ1n) is 5.41. The highest BCUT2D eigenvalue weighted by atomic mass is 15.3. The van der Waals surface area contributed by atoms with Gasteiger partial charge < -0.3 is 5.32 Å². The van der Waals surface area contributed by atoms with E-state index in [1.807, 2.05) is 11.7 Å². The minimum absolute atomic E-state index is 0.599. The lowest BCUT2D eigenvalue weighted by atomic mass is 10.1.